The first kappa shape index (κ1) is 35.8. The molecule has 1 aliphatic rings. The summed E-state index contributed by atoms with van der Waals surface area (Å²) in [6.07, 6.45) is -0.433. The summed E-state index contributed by atoms with van der Waals surface area (Å²) in [5, 5.41) is 7.43. The van der Waals surface area contributed by atoms with Crippen LogP contribution in [0.25, 0.3) is 42.8 Å². The van der Waals surface area contributed by atoms with Crippen LogP contribution in [0.1, 0.15) is 83.7 Å². The van der Waals surface area contributed by atoms with Crippen LogP contribution < -0.4 is 0 Å². The number of amides is 1. The van der Waals surface area contributed by atoms with Crippen molar-refractivity contribution in [1.29, 1.82) is 0 Å². The Hall–Kier alpha value is -3.99. The average Bonchev–Trinajstić information content (AvgIpc) is 3.76. The van der Waals surface area contributed by atoms with Crippen molar-refractivity contribution in [1.82, 2.24) is 19.7 Å². The number of halogens is 1. The third kappa shape index (κ3) is 7.38. The van der Waals surface area contributed by atoms with Crippen LogP contribution in [0.4, 0.5) is 4.79 Å². The van der Waals surface area contributed by atoms with Gasteiger partial charge in [0.05, 0.1) is 33.6 Å². The van der Waals surface area contributed by atoms with E-state index in [4.69, 9.17) is 35.9 Å². The topological polar surface area (TPSA) is 95.8 Å². The Bertz CT molecular complexity index is 2070. The van der Waals surface area contributed by atoms with Crippen molar-refractivity contribution in [3.63, 3.8) is 0 Å². The molecule has 5 aromatic rings. The highest BCUT2D eigenvalue weighted by molar-refractivity contribution is 7.22. The van der Waals surface area contributed by atoms with E-state index >= 15 is 0 Å². The lowest BCUT2D eigenvalue weighted by molar-refractivity contribution is -0.166. The fourth-order valence-corrected chi connectivity index (χ4v) is 7.82. The molecule has 264 valence electrons. The number of esters is 1. The molecule has 2 aromatic heterocycles. The molecule has 50 heavy (non-hydrogen) atoms. The van der Waals surface area contributed by atoms with Crippen molar-refractivity contribution in [3.05, 3.63) is 70.4 Å². The van der Waals surface area contributed by atoms with Gasteiger partial charge < -0.3 is 19.1 Å². The van der Waals surface area contributed by atoms with Crippen LogP contribution in [0.15, 0.2) is 48.5 Å². The Morgan fingerprint density at radius 3 is 2.38 bits per heavy atom. The smallest absolute Gasteiger partial charge is 0.410 e. The molecule has 9 nitrogen and oxygen atoms in total. The van der Waals surface area contributed by atoms with E-state index in [-0.39, 0.29) is 18.6 Å². The average molecular weight is 717 g/mol. The minimum absolute atomic E-state index is 0.0844. The number of likely N-dealkylation sites (tertiary alicyclic amines) is 1. The zero-order chi connectivity index (χ0) is 36.1. The lowest BCUT2D eigenvalue weighted by atomic mass is 9.91. The van der Waals surface area contributed by atoms with Crippen LogP contribution in [0.2, 0.25) is 5.02 Å². The number of carbonyl (C=O) groups is 2. The highest BCUT2D eigenvalue weighted by Gasteiger charge is 2.35. The highest BCUT2D eigenvalue weighted by Crippen LogP contribution is 2.45. The van der Waals surface area contributed by atoms with Crippen LogP contribution in [0, 0.1) is 6.92 Å². The third-order valence-corrected chi connectivity index (χ3v) is 10.0. The second kappa shape index (κ2) is 13.6. The van der Waals surface area contributed by atoms with Crippen LogP contribution in [0.5, 0.6) is 0 Å². The number of nitrogens with zero attached hydrogens (tertiary/aromatic N) is 4. The van der Waals surface area contributed by atoms with E-state index in [0.29, 0.717) is 18.1 Å². The summed E-state index contributed by atoms with van der Waals surface area (Å²) in [5.41, 5.74) is 6.01. The number of fused-ring (bicyclic) bond motifs is 2. The molecular formula is C39H45ClN4O5S. The number of aryl methyl sites for hydroxylation is 2. The van der Waals surface area contributed by atoms with E-state index < -0.39 is 23.3 Å². The molecule has 0 aliphatic carbocycles. The van der Waals surface area contributed by atoms with E-state index in [1.54, 1.807) is 23.2 Å². The van der Waals surface area contributed by atoms with Gasteiger partial charge in [-0.15, -0.1) is 11.3 Å². The van der Waals surface area contributed by atoms with Crippen LogP contribution in [-0.2, 0) is 26.1 Å². The summed E-state index contributed by atoms with van der Waals surface area (Å²) < 4.78 is 20.5. The second-order valence-electron chi connectivity index (χ2n) is 14.9. The molecule has 1 aliphatic heterocycles. The molecule has 6 rings (SSSR count). The van der Waals surface area contributed by atoms with E-state index in [1.165, 1.54) is 0 Å². The molecule has 11 heteroatoms. The van der Waals surface area contributed by atoms with E-state index in [1.807, 2.05) is 90.5 Å². The van der Waals surface area contributed by atoms with Crippen molar-refractivity contribution in [2.75, 3.05) is 19.7 Å². The van der Waals surface area contributed by atoms with Crippen LogP contribution in [-0.4, -0.2) is 62.6 Å². The summed E-state index contributed by atoms with van der Waals surface area (Å²) in [6.45, 7) is 16.6. The molecule has 0 N–H and O–H groups in total. The number of rotatable bonds is 7. The first-order valence-electron chi connectivity index (χ1n) is 17.0. The molecule has 3 aromatic carbocycles. The van der Waals surface area contributed by atoms with Gasteiger partial charge in [0.1, 0.15) is 10.6 Å². The van der Waals surface area contributed by atoms with Gasteiger partial charge in [0.2, 0.25) is 0 Å². The molecule has 0 spiro atoms. The van der Waals surface area contributed by atoms with Crippen LogP contribution >= 0.6 is 22.9 Å². The number of ether oxygens (including phenoxy) is 3. The fourth-order valence-electron chi connectivity index (χ4n) is 6.58. The quantitative estimate of drug-likeness (QED) is 0.155. The summed E-state index contributed by atoms with van der Waals surface area (Å²) >= 11 is 7.90. The van der Waals surface area contributed by atoms with Gasteiger partial charge in [0, 0.05) is 53.2 Å². The maximum atomic E-state index is 13.5. The van der Waals surface area contributed by atoms with Crippen molar-refractivity contribution in [2.45, 2.75) is 85.0 Å². The van der Waals surface area contributed by atoms with Crippen molar-refractivity contribution < 1.29 is 23.8 Å². The van der Waals surface area contributed by atoms with Gasteiger partial charge in [-0.2, -0.15) is 5.10 Å². The molecule has 1 amide bonds. The van der Waals surface area contributed by atoms with Crippen LogP contribution in [0.3, 0.4) is 0 Å². The molecule has 3 heterocycles. The lowest BCUT2D eigenvalue weighted by Crippen LogP contribution is -2.35. The predicted octanol–water partition coefficient (Wildman–Crippen LogP) is 9.62. The lowest BCUT2D eigenvalue weighted by Gasteiger charge is -2.29. The Morgan fingerprint density at radius 2 is 1.72 bits per heavy atom. The summed E-state index contributed by atoms with van der Waals surface area (Å²) in [7, 11) is 1.95. The number of benzene rings is 3. The number of hydrogen-bond acceptors (Lipinski definition) is 8. The molecule has 2 atom stereocenters. The largest absolute Gasteiger partial charge is 0.464 e. The molecular weight excluding hydrogens is 672 g/mol. The minimum atomic E-state index is -0.948. The Labute approximate surface area is 302 Å². The van der Waals surface area contributed by atoms with Crippen molar-refractivity contribution in [3.8, 4) is 21.7 Å². The van der Waals surface area contributed by atoms with Gasteiger partial charge in [0.15, 0.2) is 6.10 Å². The monoisotopic (exact) mass is 716 g/mol. The number of thiazole rings is 1. The van der Waals surface area contributed by atoms with Crippen molar-refractivity contribution in [2.24, 2.45) is 7.05 Å². The molecule has 1 saturated heterocycles. The van der Waals surface area contributed by atoms with Gasteiger partial charge >= 0.3 is 12.1 Å². The highest BCUT2D eigenvalue weighted by atomic mass is 35.5. The zero-order valence-corrected chi connectivity index (χ0v) is 31.8. The second-order valence-corrected chi connectivity index (χ2v) is 16.3. The minimum Gasteiger partial charge on any atom is -0.464 e. The van der Waals surface area contributed by atoms with Crippen molar-refractivity contribution >= 4 is 56.1 Å². The van der Waals surface area contributed by atoms with Gasteiger partial charge in [-0.1, -0.05) is 23.7 Å². The maximum absolute atomic E-state index is 13.5. The SMILES string of the molecule is CCOC(=O)[C@@H](OC(C)(C)C)c1c(C)cc2nc(-c3ccc4c(c3)c([C@H]3CCN(C(=O)OC(C)(C)C)C3)nn4C)sc2c1-c1ccc(Cl)cc1. The van der Waals surface area contributed by atoms with Gasteiger partial charge in [-0.05, 0) is 109 Å². The van der Waals surface area contributed by atoms with Gasteiger partial charge in [-0.3, -0.25) is 4.68 Å². The summed E-state index contributed by atoms with van der Waals surface area (Å²) in [6, 6.07) is 16.0. The molecule has 0 radical (unpaired) electrons. The molecule has 1 fully saturated rings. The summed E-state index contributed by atoms with van der Waals surface area (Å²) in [4.78, 5) is 33.3. The number of carbonyl (C=O) groups excluding carboxylic acids is 2. The van der Waals surface area contributed by atoms with E-state index in [2.05, 4.69) is 18.2 Å². The zero-order valence-electron chi connectivity index (χ0n) is 30.2. The van der Waals surface area contributed by atoms with E-state index in [9.17, 15) is 9.59 Å². The molecule has 0 bridgehead atoms. The number of aromatic nitrogens is 3. The Morgan fingerprint density at radius 1 is 1.02 bits per heavy atom. The standard InChI is InChI=1S/C39H45ClN4O5S/c1-10-47-36(45)33(48-38(3,4)5)30-22(2)19-28-34(31(30)23-11-14-26(40)15-12-23)50-35(41-28)24-13-16-29-27(20-24)32(42-43(29)9)25-17-18-44(21-25)37(46)49-39(6,7)8/h11-16,19-20,25,33H,10,17-18,21H2,1-9H3/t25-,33-/m0/s1. The van der Waals surface area contributed by atoms with E-state index in [0.717, 1.165) is 66.1 Å². The van der Waals surface area contributed by atoms with Gasteiger partial charge in [-0.25, -0.2) is 14.6 Å². The third-order valence-electron chi connectivity index (χ3n) is 8.65. The van der Waals surface area contributed by atoms with Gasteiger partial charge in [0.25, 0.3) is 0 Å². The predicted molar refractivity (Wildman–Crippen MR) is 200 cm³/mol. The Kier molecular flexibility index (Phi) is 9.76. The molecule has 0 saturated carbocycles. The fraction of sp³-hybridized carbons (Fsp3) is 0.436. The number of hydrogen-bond donors (Lipinski definition) is 0. The first-order chi connectivity index (χ1) is 23.5. The summed E-state index contributed by atoms with van der Waals surface area (Å²) in [5.74, 6) is -0.349. The molecule has 0 unspecified atom stereocenters. The Balaban J connectivity index is 1.46. The first-order valence-corrected chi connectivity index (χ1v) is 18.2. The normalized spacial score (nSPS) is 16.0. The maximum Gasteiger partial charge on any atom is 0.410 e.